The van der Waals surface area contributed by atoms with Gasteiger partial charge in [0.05, 0.1) is 19.4 Å². The molecule has 6 nitrogen and oxygen atoms in total. The van der Waals surface area contributed by atoms with Crippen molar-refractivity contribution in [1.29, 1.82) is 0 Å². The van der Waals surface area contributed by atoms with Crippen molar-refractivity contribution >= 4 is 0 Å². The van der Waals surface area contributed by atoms with Crippen molar-refractivity contribution in [3.8, 4) is 11.4 Å². The largest absolute Gasteiger partial charge is 0.497 e. The Hall–Kier alpha value is -1.95. The zero-order valence-electron chi connectivity index (χ0n) is 8.87. The second kappa shape index (κ2) is 4.71. The lowest BCUT2D eigenvalue weighted by Gasteiger charge is -2.04. The molecular weight excluding hydrogens is 208 g/mol. The maximum atomic E-state index is 8.86. The van der Waals surface area contributed by atoms with E-state index in [4.69, 9.17) is 9.84 Å². The molecule has 0 bridgehead atoms. The van der Waals surface area contributed by atoms with Gasteiger partial charge in [0.25, 0.3) is 0 Å². The van der Waals surface area contributed by atoms with Crippen molar-refractivity contribution in [1.82, 2.24) is 20.2 Å². The summed E-state index contributed by atoms with van der Waals surface area (Å²) < 4.78 is 6.66. The molecule has 6 heteroatoms. The third-order valence-corrected chi connectivity index (χ3v) is 2.19. The molecule has 0 unspecified atom stereocenters. The van der Waals surface area contributed by atoms with Crippen LogP contribution in [0.3, 0.4) is 0 Å². The van der Waals surface area contributed by atoms with Crippen LogP contribution in [-0.4, -0.2) is 39.0 Å². The van der Waals surface area contributed by atoms with Crippen molar-refractivity contribution < 1.29 is 9.84 Å². The average molecular weight is 220 g/mol. The summed E-state index contributed by atoms with van der Waals surface area (Å²) in [6.45, 7) is 0.0243. The van der Waals surface area contributed by atoms with Crippen LogP contribution in [0.25, 0.3) is 5.69 Å². The minimum Gasteiger partial charge on any atom is -0.497 e. The van der Waals surface area contributed by atoms with Gasteiger partial charge in [0, 0.05) is 6.42 Å². The minimum absolute atomic E-state index is 0.0243. The molecule has 0 fully saturated rings. The Morgan fingerprint density at radius 2 is 2.06 bits per heavy atom. The number of methoxy groups -OCH3 is 1. The number of ether oxygens (including phenoxy) is 1. The van der Waals surface area contributed by atoms with Crippen LogP contribution in [0.2, 0.25) is 0 Å². The maximum absolute atomic E-state index is 8.86. The van der Waals surface area contributed by atoms with Gasteiger partial charge in [-0.2, -0.15) is 4.68 Å². The summed E-state index contributed by atoms with van der Waals surface area (Å²) in [7, 11) is 1.61. The molecule has 1 aromatic heterocycles. The number of hydrogen-bond donors (Lipinski definition) is 1. The fraction of sp³-hybridized carbons (Fsp3) is 0.300. The van der Waals surface area contributed by atoms with E-state index in [0.29, 0.717) is 12.2 Å². The normalized spacial score (nSPS) is 10.4. The van der Waals surface area contributed by atoms with Gasteiger partial charge in [-0.1, -0.05) is 0 Å². The van der Waals surface area contributed by atoms with E-state index in [0.717, 1.165) is 11.4 Å². The van der Waals surface area contributed by atoms with Gasteiger partial charge in [-0.05, 0) is 34.7 Å². The third kappa shape index (κ3) is 2.01. The third-order valence-electron chi connectivity index (χ3n) is 2.19. The molecular formula is C10H12N4O2. The molecule has 2 rings (SSSR count). The molecule has 0 aliphatic rings. The topological polar surface area (TPSA) is 73.1 Å². The standard InChI is InChI=1S/C10H12N4O2/c1-16-9-4-2-8(3-5-9)14-10(6-7-15)11-12-13-14/h2-5,15H,6-7H2,1H3. The van der Waals surface area contributed by atoms with Crippen molar-refractivity contribution in [3.05, 3.63) is 30.1 Å². The Kier molecular flexibility index (Phi) is 3.11. The predicted octanol–water partition coefficient (Wildman–Crippen LogP) is 0.206. The van der Waals surface area contributed by atoms with E-state index >= 15 is 0 Å². The number of aliphatic hydroxyl groups excluding tert-OH is 1. The second-order valence-electron chi connectivity index (χ2n) is 3.18. The van der Waals surface area contributed by atoms with Crippen LogP contribution in [0, 0.1) is 0 Å². The number of aromatic nitrogens is 4. The molecule has 0 radical (unpaired) electrons. The number of tetrazole rings is 1. The summed E-state index contributed by atoms with van der Waals surface area (Å²) >= 11 is 0. The molecule has 1 N–H and O–H groups in total. The first kappa shape index (κ1) is 10.6. The van der Waals surface area contributed by atoms with E-state index in [2.05, 4.69) is 15.5 Å². The lowest BCUT2D eigenvalue weighted by atomic mass is 10.3. The van der Waals surface area contributed by atoms with Gasteiger partial charge < -0.3 is 9.84 Å². The van der Waals surface area contributed by atoms with Gasteiger partial charge in [-0.15, -0.1) is 5.10 Å². The fourth-order valence-corrected chi connectivity index (χ4v) is 1.39. The van der Waals surface area contributed by atoms with Gasteiger partial charge >= 0.3 is 0 Å². The number of benzene rings is 1. The Bertz CT molecular complexity index is 452. The number of hydrogen-bond acceptors (Lipinski definition) is 5. The summed E-state index contributed by atoms with van der Waals surface area (Å²) in [4.78, 5) is 0. The molecule has 1 heterocycles. The average Bonchev–Trinajstić information content (AvgIpc) is 2.78. The van der Waals surface area contributed by atoms with Crippen molar-refractivity contribution in [3.63, 3.8) is 0 Å². The van der Waals surface area contributed by atoms with Crippen LogP contribution in [0.5, 0.6) is 5.75 Å². The quantitative estimate of drug-likeness (QED) is 0.797. The highest BCUT2D eigenvalue weighted by Gasteiger charge is 2.07. The SMILES string of the molecule is COc1ccc(-n2nnnc2CCO)cc1. The van der Waals surface area contributed by atoms with Crippen molar-refractivity contribution in [2.24, 2.45) is 0 Å². The summed E-state index contributed by atoms with van der Waals surface area (Å²) in [6, 6.07) is 7.38. The first-order valence-corrected chi connectivity index (χ1v) is 4.87. The van der Waals surface area contributed by atoms with Gasteiger partial charge in [-0.25, -0.2) is 0 Å². The molecule has 0 spiro atoms. The Balaban J connectivity index is 2.31. The lowest BCUT2D eigenvalue weighted by Crippen LogP contribution is -2.05. The van der Waals surface area contributed by atoms with Crippen LogP contribution in [0.4, 0.5) is 0 Å². The zero-order chi connectivity index (χ0) is 11.4. The minimum atomic E-state index is 0.0243. The van der Waals surface area contributed by atoms with Crippen LogP contribution in [0.15, 0.2) is 24.3 Å². The number of nitrogens with zero attached hydrogens (tertiary/aromatic N) is 4. The Morgan fingerprint density at radius 3 is 2.69 bits per heavy atom. The summed E-state index contributed by atoms with van der Waals surface area (Å²) in [6.07, 6.45) is 0.430. The van der Waals surface area contributed by atoms with E-state index < -0.39 is 0 Å². The first-order chi connectivity index (χ1) is 7.85. The van der Waals surface area contributed by atoms with Gasteiger partial charge in [-0.3, -0.25) is 0 Å². The summed E-state index contributed by atoms with van der Waals surface area (Å²) in [5, 5.41) is 20.1. The first-order valence-electron chi connectivity index (χ1n) is 4.87. The molecule has 0 aliphatic carbocycles. The highest BCUT2D eigenvalue weighted by Crippen LogP contribution is 2.14. The zero-order valence-corrected chi connectivity index (χ0v) is 8.87. The molecule has 2 aromatic rings. The smallest absolute Gasteiger partial charge is 0.158 e. The molecule has 84 valence electrons. The van der Waals surface area contributed by atoms with Crippen LogP contribution < -0.4 is 4.74 Å². The monoisotopic (exact) mass is 220 g/mol. The van der Waals surface area contributed by atoms with Gasteiger partial charge in [0.15, 0.2) is 5.82 Å². The Labute approximate surface area is 92.5 Å². The van der Waals surface area contributed by atoms with Gasteiger partial charge in [0.2, 0.25) is 0 Å². The van der Waals surface area contributed by atoms with Crippen molar-refractivity contribution in [2.75, 3.05) is 13.7 Å². The Morgan fingerprint density at radius 1 is 1.31 bits per heavy atom. The van der Waals surface area contributed by atoms with E-state index in [-0.39, 0.29) is 6.61 Å². The second-order valence-corrected chi connectivity index (χ2v) is 3.18. The molecule has 0 saturated heterocycles. The molecule has 0 saturated carbocycles. The molecule has 0 atom stereocenters. The van der Waals surface area contributed by atoms with E-state index in [1.807, 2.05) is 24.3 Å². The highest BCUT2D eigenvalue weighted by molar-refractivity contribution is 5.36. The van der Waals surface area contributed by atoms with Crippen LogP contribution >= 0.6 is 0 Å². The summed E-state index contributed by atoms with van der Waals surface area (Å²) in [5.41, 5.74) is 0.842. The fourth-order valence-electron chi connectivity index (χ4n) is 1.39. The summed E-state index contributed by atoms with van der Waals surface area (Å²) in [5.74, 6) is 1.41. The number of rotatable bonds is 4. The molecule has 0 aliphatic heterocycles. The molecule has 1 aromatic carbocycles. The molecule has 16 heavy (non-hydrogen) atoms. The van der Waals surface area contributed by atoms with Crippen LogP contribution in [0.1, 0.15) is 5.82 Å². The maximum Gasteiger partial charge on any atom is 0.158 e. The van der Waals surface area contributed by atoms with Crippen LogP contribution in [-0.2, 0) is 6.42 Å². The predicted molar refractivity (Wildman–Crippen MR) is 56.5 cm³/mol. The van der Waals surface area contributed by atoms with E-state index in [9.17, 15) is 0 Å². The van der Waals surface area contributed by atoms with Crippen molar-refractivity contribution in [2.45, 2.75) is 6.42 Å². The lowest BCUT2D eigenvalue weighted by molar-refractivity contribution is 0.295. The van der Waals surface area contributed by atoms with E-state index in [1.54, 1.807) is 11.8 Å². The highest BCUT2D eigenvalue weighted by atomic mass is 16.5. The number of aliphatic hydroxyl groups is 1. The van der Waals surface area contributed by atoms with E-state index in [1.165, 1.54) is 0 Å². The van der Waals surface area contributed by atoms with Gasteiger partial charge in [0.1, 0.15) is 5.75 Å². The molecule has 0 amide bonds.